The number of hydrogen-bond donors (Lipinski definition) is 5. The van der Waals surface area contributed by atoms with Gasteiger partial charge in [-0.3, -0.25) is 44.3 Å². The lowest BCUT2D eigenvalue weighted by Crippen LogP contribution is -2.42. The third kappa shape index (κ3) is 15.1. The van der Waals surface area contributed by atoms with Gasteiger partial charge in [0.15, 0.2) is 11.3 Å². The summed E-state index contributed by atoms with van der Waals surface area (Å²) >= 11 is 0. The van der Waals surface area contributed by atoms with E-state index in [2.05, 4.69) is 40.4 Å². The van der Waals surface area contributed by atoms with Gasteiger partial charge in [0.05, 0.1) is 36.3 Å². The van der Waals surface area contributed by atoms with Gasteiger partial charge in [-0.25, -0.2) is 28.6 Å². The first-order valence-electron chi connectivity index (χ1n) is 26.3. The Labute approximate surface area is 434 Å². The van der Waals surface area contributed by atoms with Crippen molar-refractivity contribution in [1.82, 2.24) is 54.5 Å². The Kier molecular flexibility index (Phi) is 20.2. The molecule has 21 nitrogen and oxygen atoms in total. The monoisotopic (exact) mass is 1030 g/mol. The van der Waals surface area contributed by atoms with E-state index in [1.54, 1.807) is 27.3 Å². The maximum Gasteiger partial charge on any atom is 0.410 e. The van der Waals surface area contributed by atoms with Crippen molar-refractivity contribution in [2.45, 2.75) is 189 Å². The van der Waals surface area contributed by atoms with E-state index in [1.165, 1.54) is 31.4 Å². The summed E-state index contributed by atoms with van der Waals surface area (Å²) in [5, 5.41) is 16.7. The predicted octanol–water partition coefficient (Wildman–Crippen LogP) is 8.29. The zero-order chi connectivity index (χ0) is 54.7. The van der Waals surface area contributed by atoms with Crippen molar-refractivity contribution in [3.8, 4) is 0 Å². The van der Waals surface area contributed by atoms with Crippen LogP contribution in [0.2, 0.25) is 0 Å². The second-order valence-corrected chi connectivity index (χ2v) is 21.2. The van der Waals surface area contributed by atoms with Crippen LogP contribution >= 0.6 is 0 Å². The molecule has 8 rings (SSSR count). The van der Waals surface area contributed by atoms with Gasteiger partial charge >= 0.3 is 18.2 Å². The molecular formula is C53H82N12O9. The van der Waals surface area contributed by atoms with Crippen LogP contribution in [0.5, 0.6) is 0 Å². The van der Waals surface area contributed by atoms with Crippen LogP contribution in [-0.2, 0) is 36.6 Å². The number of esters is 1. The van der Waals surface area contributed by atoms with Crippen molar-refractivity contribution in [3.05, 3.63) is 78.5 Å². The second-order valence-electron chi connectivity index (χ2n) is 21.2. The molecule has 0 aliphatic carbocycles. The highest BCUT2D eigenvalue weighted by atomic mass is 16.6. The van der Waals surface area contributed by atoms with Crippen molar-refractivity contribution >= 4 is 41.1 Å². The number of amides is 2. The molecule has 408 valence electrons. The first-order chi connectivity index (χ1) is 34.9. The van der Waals surface area contributed by atoms with Gasteiger partial charge in [-0.1, -0.05) is 27.2 Å². The third-order valence-electron chi connectivity index (χ3n) is 13.2. The molecule has 21 heteroatoms. The summed E-state index contributed by atoms with van der Waals surface area (Å²) in [6.07, 6.45) is 10.7. The largest absolute Gasteiger partial charge is 0.468 e. The van der Waals surface area contributed by atoms with Crippen LogP contribution in [0.4, 0.5) is 15.4 Å². The molecule has 3 aliphatic rings. The number of ether oxygens (including phenoxy) is 3. The Hall–Kier alpha value is -6.51. The molecular weight excluding hydrogens is 949 g/mol. The Balaban J connectivity index is 0.000000191. The number of rotatable bonds is 8. The summed E-state index contributed by atoms with van der Waals surface area (Å²) in [5.41, 5.74) is 11.8. The number of aromatic amines is 3. The van der Waals surface area contributed by atoms with Crippen LogP contribution < -0.4 is 22.2 Å². The minimum Gasteiger partial charge on any atom is -0.468 e. The topological polar surface area (TPSA) is 270 Å². The van der Waals surface area contributed by atoms with E-state index in [0.29, 0.717) is 49.0 Å². The highest BCUT2D eigenvalue weighted by molar-refractivity contribution is 5.97. The minimum absolute atomic E-state index is 0.0200. The van der Waals surface area contributed by atoms with Crippen LogP contribution in [0, 0.1) is 19.8 Å². The smallest absolute Gasteiger partial charge is 0.410 e. The van der Waals surface area contributed by atoms with E-state index in [0.717, 1.165) is 97.6 Å². The standard InChI is InChI=1S/C19H28N4O3.C14H20N4O.C13H22N4O2.C7H12O3/c1-6-13-12(2)20-16-11-14(21-23(16)17(13)24)15-9-7-8-10-22(15)18(25)26-19(3,4)5;1-3-10-9(2)16-13-8-12(17-18(13)14(10)19)11-6-4-5-7-15-11;1-13(2,3)19-12(18)17-7-5-4-6-10(17)9-8-11(14)16-15-9;1-4-6(5(2)8)7(9)10-3/h11,15,21H,6-10H2,1-5H3;8,11,15,17H,3-7H2,1-2H3;8,10H,4-7H2,1-3H3,(H3,14,15,16);6H,4H2,1-3H3/t15-;11-;10-;/m000./s1. The summed E-state index contributed by atoms with van der Waals surface area (Å²) < 4.78 is 18.5. The lowest BCUT2D eigenvalue weighted by molar-refractivity contribution is -0.149. The summed E-state index contributed by atoms with van der Waals surface area (Å²) in [6.45, 7) is 24.5. The number of aryl methyl sites for hydroxylation is 2. The molecule has 8 heterocycles. The lowest BCUT2D eigenvalue weighted by atomic mass is 10.00. The first-order valence-corrected chi connectivity index (χ1v) is 26.3. The van der Waals surface area contributed by atoms with Gasteiger partial charge in [-0.05, 0) is 139 Å². The number of hydrogen-bond acceptors (Lipinski definition) is 14. The van der Waals surface area contributed by atoms with Crippen LogP contribution in [-0.4, -0.2) is 111 Å². The summed E-state index contributed by atoms with van der Waals surface area (Å²) in [4.78, 5) is 83.9. The van der Waals surface area contributed by atoms with E-state index < -0.39 is 23.1 Å². The highest BCUT2D eigenvalue weighted by Gasteiger charge is 2.34. The van der Waals surface area contributed by atoms with Crippen LogP contribution in [0.1, 0.15) is 191 Å². The highest BCUT2D eigenvalue weighted by Crippen LogP contribution is 2.33. The molecule has 2 amide bonds. The number of nitrogens with zero attached hydrogens (tertiary/aromatic N) is 7. The Morgan fingerprint density at radius 2 is 1.18 bits per heavy atom. The molecule has 0 bridgehead atoms. The van der Waals surface area contributed by atoms with Crippen molar-refractivity contribution in [1.29, 1.82) is 0 Å². The SMILES string of the molecule is CC(C)(C)OC(=O)N1CCCC[C@H]1c1cc(N)n[nH]1.CCC(C(C)=O)C(=O)OC.CCc1c(C)nc2cc([C@@H]3CCCCN3)[nH]n2c1=O.CCc1c(C)nc2cc([C@@H]3CCCCN3C(=O)OC(C)(C)C)[nH]n2c1=O. The third-order valence-corrected chi connectivity index (χ3v) is 13.2. The number of carbonyl (C=O) groups excluding carboxylic acids is 4. The zero-order valence-electron chi connectivity index (χ0n) is 46.0. The van der Waals surface area contributed by atoms with Gasteiger partial charge in [0, 0.05) is 59.8 Å². The van der Waals surface area contributed by atoms with Gasteiger partial charge in [0.1, 0.15) is 28.7 Å². The quantitative estimate of drug-likeness (QED) is 0.0556. The van der Waals surface area contributed by atoms with Crippen LogP contribution in [0.25, 0.3) is 11.3 Å². The fourth-order valence-corrected chi connectivity index (χ4v) is 9.53. The average Bonchev–Trinajstić information content (AvgIpc) is 4.11. The number of likely N-dealkylation sites (tertiary alicyclic amines) is 2. The molecule has 5 aromatic rings. The number of nitrogens with one attached hydrogen (secondary N) is 4. The number of nitrogens with two attached hydrogens (primary N) is 1. The van der Waals surface area contributed by atoms with Crippen molar-refractivity contribution in [3.63, 3.8) is 0 Å². The molecule has 0 spiro atoms. The zero-order valence-corrected chi connectivity index (χ0v) is 46.0. The minimum atomic E-state index is -0.565. The molecule has 4 atom stereocenters. The number of H-pyrrole nitrogens is 3. The van der Waals surface area contributed by atoms with Gasteiger partial charge in [0.2, 0.25) is 0 Å². The van der Waals surface area contributed by atoms with E-state index in [-0.39, 0.29) is 41.2 Å². The molecule has 0 aromatic carbocycles. The number of Topliss-reactive ketones (excluding diaryl/α,β-unsaturated/α-hetero) is 1. The number of piperidine rings is 3. The number of nitrogen functional groups attached to an aromatic ring is 1. The molecule has 74 heavy (non-hydrogen) atoms. The van der Waals surface area contributed by atoms with E-state index >= 15 is 0 Å². The number of fused-ring (bicyclic) bond motifs is 2. The summed E-state index contributed by atoms with van der Waals surface area (Å²) in [7, 11) is 1.29. The maximum atomic E-state index is 12.7. The van der Waals surface area contributed by atoms with Gasteiger partial charge in [0.25, 0.3) is 11.1 Å². The van der Waals surface area contributed by atoms with E-state index in [4.69, 9.17) is 15.2 Å². The van der Waals surface area contributed by atoms with Gasteiger partial charge in [-0.15, -0.1) is 0 Å². The molecule has 3 saturated heterocycles. The number of carbonyl (C=O) groups is 4. The fourth-order valence-electron chi connectivity index (χ4n) is 9.53. The average molecular weight is 1030 g/mol. The van der Waals surface area contributed by atoms with Crippen molar-refractivity contribution in [2.24, 2.45) is 5.92 Å². The molecule has 6 N–H and O–H groups in total. The van der Waals surface area contributed by atoms with Crippen molar-refractivity contribution < 1.29 is 33.4 Å². The number of ketones is 1. The number of methoxy groups -OCH3 is 1. The van der Waals surface area contributed by atoms with Crippen LogP contribution in [0.3, 0.4) is 0 Å². The first kappa shape index (κ1) is 58.4. The lowest BCUT2D eigenvalue weighted by Gasteiger charge is -2.36. The molecule has 3 aliphatic heterocycles. The Morgan fingerprint density at radius 3 is 1.57 bits per heavy atom. The van der Waals surface area contributed by atoms with Crippen molar-refractivity contribution in [2.75, 3.05) is 32.5 Å². The van der Waals surface area contributed by atoms with Gasteiger partial charge < -0.3 is 25.3 Å². The Morgan fingerprint density at radius 1 is 0.703 bits per heavy atom. The maximum absolute atomic E-state index is 12.7. The van der Waals surface area contributed by atoms with Gasteiger partial charge in [-0.2, -0.15) is 5.10 Å². The van der Waals surface area contributed by atoms with E-state index in [1.807, 2.05) is 81.4 Å². The number of aromatic nitrogens is 8. The molecule has 3 fully saturated rings. The predicted molar refractivity (Wildman–Crippen MR) is 283 cm³/mol. The fraction of sp³-hybridized carbons (Fsp3) is 0.642. The summed E-state index contributed by atoms with van der Waals surface area (Å²) in [5.74, 6) is -0.681. The van der Waals surface area contributed by atoms with E-state index in [9.17, 15) is 28.8 Å². The molecule has 0 radical (unpaired) electrons. The Bertz CT molecular complexity index is 2820. The summed E-state index contributed by atoms with van der Waals surface area (Å²) in [6, 6.07) is 5.82. The second kappa shape index (κ2) is 25.6. The molecule has 0 saturated carbocycles. The van der Waals surface area contributed by atoms with Crippen LogP contribution in [0.15, 0.2) is 27.8 Å². The molecule has 5 aromatic heterocycles. The number of anilines is 1. The molecule has 1 unspecified atom stereocenters. The normalized spacial score (nSPS) is 18.5.